The first-order valence-electron chi connectivity index (χ1n) is 31.7. The molecule has 0 aliphatic carbocycles. The van der Waals surface area contributed by atoms with Crippen molar-refractivity contribution in [3.8, 4) is 136 Å². The predicted octanol–water partition coefficient (Wildman–Crippen LogP) is 20.7. The van der Waals surface area contributed by atoms with Crippen LogP contribution in [0.4, 0.5) is 0 Å². The van der Waals surface area contributed by atoms with E-state index in [0.717, 1.165) is 133 Å². The van der Waals surface area contributed by atoms with Gasteiger partial charge in [-0.05, 0) is 148 Å². The lowest BCUT2D eigenvalue weighted by Crippen LogP contribution is -2.02. The first-order valence-corrected chi connectivity index (χ1v) is 31.7. The Bertz CT molecular complexity index is 5500. The maximum absolute atomic E-state index is 9.89. The van der Waals surface area contributed by atoms with E-state index in [4.69, 9.17) is 29.9 Å². The summed E-state index contributed by atoms with van der Waals surface area (Å²) < 4.78 is 4.68. The minimum absolute atomic E-state index is 0.524. The molecule has 0 saturated carbocycles. The molecule has 0 radical (unpaired) electrons. The number of aromatic nitrogens is 8. The minimum Gasteiger partial charge on any atom is -0.309 e. The molecule has 0 spiro atoms. The summed E-state index contributed by atoms with van der Waals surface area (Å²) >= 11 is 0. The van der Waals surface area contributed by atoms with Gasteiger partial charge in [-0.15, -0.1) is 0 Å². The van der Waals surface area contributed by atoms with Crippen molar-refractivity contribution < 1.29 is 0 Å². The molecule has 10 nitrogen and oxygen atoms in total. The molecule has 0 N–H and O–H groups in total. The van der Waals surface area contributed by atoms with Crippen molar-refractivity contribution in [3.63, 3.8) is 0 Å². The fourth-order valence-electron chi connectivity index (χ4n) is 13.2. The zero-order valence-corrected chi connectivity index (χ0v) is 51.5. The van der Waals surface area contributed by atoms with Crippen LogP contribution in [-0.4, -0.2) is 39.0 Å². The number of benzene rings is 13. The Hall–Kier alpha value is -13.5. The van der Waals surface area contributed by atoms with Gasteiger partial charge in [0, 0.05) is 66.3 Å². The van der Waals surface area contributed by atoms with Gasteiger partial charge in [0.05, 0.1) is 45.3 Å². The minimum atomic E-state index is 0.524. The lowest BCUT2D eigenvalue weighted by Gasteiger charge is -2.16. The van der Waals surface area contributed by atoms with E-state index in [0.29, 0.717) is 46.1 Å². The zero-order valence-electron chi connectivity index (χ0n) is 51.5. The molecule has 0 bridgehead atoms. The van der Waals surface area contributed by atoms with Crippen LogP contribution in [0.3, 0.4) is 0 Å². The first-order chi connectivity index (χ1) is 47.4. The molecule has 13 aromatic carbocycles. The molecule has 96 heavy (non-hydrogen) atoms. The fraction of sp³-hybridized carbons (Fsp3) is 0. The van der Waals surface area contributed by atoms with Crippen LogP contribution in [0.2, 0.25) is 0 Å². The second kappa shape index (κ2) is 23.9. The smallest absolute Gasteiger partial charge is 0.164 e. The fourth-order valence-corrected chi connectivity index (χ4v) is 13.2. The molecule has 10 heteroatoms. The van der Waals surface area contributed by atoms with Crippen molar-refractivity contribution >= 4 is 43.6 Å². The van der Waals surface area contributed by atoms with Crippen molar-refractivity contribution in [2.24, 2.45) is 0 Å². The highest BCUT2D eigenvalue weighted by Gasteiger charge is 2.22. The van der Waals surface area contributed by atoms with Gasteiger partial charge in [0.15, 0.2) is 34.9 Å². The van der Waals surface area contributed by atoms with Gasteiger partial charge >= 0.3 is 0 Å². The van der Waals surface area contributed by atoms with Crippen molar-refractivity contribution in [2.45, 2.75) is 0 Å². The molecule has 17 rings (SSSR count). The van der Waals surface area contributed by atoms with Gasteiger partial charge in [0.25, 0.3) is 0 Å². The lowest BCUT2D eigenvalue weighted by atomic mass is 9.95. The van der Waals surface area contributed by atoms with Crippen LogP contribution in [0, 0.1) is 22.7 Å². The quantitative estimate of drug-likeness (QED) is 0.118. The van der Waals surface area contributed by atoms with E-state index in [-0.39, 0.29) is 0 Å². The lowest BCUT2D eigenvalue weighted by molar-refractivity contribution is 1.07. The Labute approximate surface area is 553 Å². The van der Waals surface area contributed by atoms with Crippen molar-refractivity contribution in [2.75, 3.05) is 0 Å². The Morgan fingerprint density at radius 2 is 0.469 bits per heavy atom. The number of para-hydroxylation sites is 2. The second-order valence-corrected chi connectivity index (χ2v) is 23.7. The van der Waals surface area contributed by atoms with Crippen molar-refractivity contribution in [3.05, 3.63) is 327 Å². The van der Waals surface area contributed by atoms with Crippen LogP contribution in [0.25, 0.3) is 168 Å². The van der Waals surface area contributed by atoms with Crippen LogP contribution >= 0.6 is 0 Å². The molecule has 0 aliphatic rings. The largest absolute Gasteiger partial charge is 0.309 e. The van der Waals surface area contributed by atoms with Crippen LogP contribution in [-0.2, 0) is 0 Å². The highest BCUT2D eigenvalue weighted by Crippen LogP contribution is 2.42. The number of nitriles is 2. The van der Waals surface area contributed by atoms with Gasteiger partial charge in [-0.1, -0.05) is 212 Å². The van der Waals surface area contributed by atoms with Crippen LogP contribution in [0.5, 0.6) is 0 Å². The Morgan fingerprint density at radius 1 is 0.198 bits per heavy atom. The Morgan fingerprint density at radius 3 is 0.833 bits per heavy atom. The summed E-state index contributed by atoms with van der Waals surface area (Å²) in [6, 6.07) is 113. The summed E-state index contributed by atoms with van der Waals surface area (Å²) in [5, 5.41) is 24.1. The van der Waals surface area contributed by atoms with Crippen LogP contribution in [0.15, 0.2) is 315 Å². The van der Waals surface area contributed by atoms with Crippen molar-refractivity contribution in [1.29, 1.82) is 10.5 Å². The van der Waals surface area contributed by atoms with Gasteiger partial charge in [0.1, 0.15) is 0 Å². The molecule has 0 aliphatic heterocycles. The second-order valence-electron chi connectivity index (χ2n) is 23.7. The number of fused-ring (bicyclic) bond motifs is 6. The summed E-state index contributed by atoms with van der Waals surface area (Å²) in [6.07, 6.45) is 0. The van der Waals surface area contributed by atoms with Gasteiger partial charge in [-0.3, -0.25) is 0 Å². The topological polar surface area (TPSA) is 135 Å². The summed E-state index contributed by atoms with van der Waals surface area (Å²) in [5.74, 6) is 3.30. The maximum atomic E-state index is 9.89. The third-order valence-electron chi connectivity index (χ3n) is 17.8. The third kappa shape index (κ3) is 10.5. The number of nitrogens with zero attached hydrogens (tertiary/aromatic N) is 10. The maximum Gasteiger partial charge on any atom is 0.164 e. The third-order valence-corrected chi connectivity index (χ3v) is 17.8. The molecular formula is C86H52N10. The molecule has 446 valence electrons. The standard InChI is InChI=1S/C86H52N10/c87-53-55-20-17-30-61(42-55)65-38-40-79-75(51-65)73-34-13-15-36-77(73)95(79)71-47-67(45-69(49-71)85-91-81(57-22-5-1-6-23-57)89-82(92-85)58-24-7-2-8-25-58)63-32-19-33-64(44-63)68-46-70(86-93-83(59-26-9-3-10-27-59)90-84(94-86)60-28-11-4-12-29-60)50-72(48-68)96-78-37-16-14-35-74(78)76-52-66(39-41-80(76)96)62-31-18-21-56(43-62)54-88/h1-52H. The highest BCUT2D eigenvalue weighted by atomic mass is 15.1. The van der Waals surface area contributed by atoms with Crippen LogP contribution in [0.1, 0.15) is 11.1 Å². The predicted molar refractivity (Wildman–Crippen MR) is 386 cm³/mol. The molecule has 0 amide bonds. The Kier molecular flexibility index (Phi) is 14.1. The molecule has 17 aromatic rings. The van der Waals surface area contributed by atoms with Gasteiger partial charge < -0.3 is 9.13 Å². The van der Waals surface area contributed by atoms with E-state index >= 15 is 0 Å². The zero-order chi connectivity index (χ0) is 64.1. The molecule has 0 unspecified atom stereocenters. The summed E-state index contributed by atoms with van der Waals surface area (Å²) in [6.45, 7) is 0. The average molecular weight is 1230 g/mol. The molecular weight excluding hydrogens is 1170 g/mol. The SMILES string of the molecule is N#Cc1cccc(-c2ccc3c(c2)c2ccccc2n3-c2cc(-c3cccc(-c4cc(-c5nc(-c6ccccc6)nc(-c6ccccc6)n5)cc(-n5c6ccccc6c6cc(-c7cccc(C#N)c7)ccc65)c4)c3)cc(-c3nc(-c4ccccc4)nc(-c4ccccc4)n3)c2)c1. The van der Waals surface area contributed by atoms with Gasteiger partial charge in [-0.2, -0.15) is 10.5 Å². The first kappa shape index (κ1) is 56.4. The molecule has 4 heterocycles. The summed E-state index contributed by atoms with van der Waals surface area (Å²) in [5.41, 5.74) is 20.0. The van der Waals surface area contributed by atoms with E-state index in [1.165, 1.54) is 0 Å². The van der Waals surface area contributed by atoms with E-state index in [2.05, 4.69) is 179 Å². The summed E-state index contributed by atoms with van der Waals surface area (Å²) in [4.78, 5) is 31.5. The van der Waals surface area contributed by atoms with Crippen molar-refractivity contribution in [1.82, 2.24) is 39.0 Å². The molecule has 0 atom stereocenters. The normalized spacial score (nSPS) is 11.3. The average Bonchev–Trinajstić information content (AvgIpc) is 1.58. The summed E-state index contributed by atoms with van der Waals surface area (Å²) in [7, 11) is 0. The van der Waals surface area contributed by atoms with E-state index in [1.807, 2.05) is 158 Å². The van der Waals surface area contributed by atoms with Gasteiger partial charge in [-0.25, -0.2) is 29.9 Å². The van der Waals surface area contributed by atoms with E-state index in [9.17, 15) is 10.5 Å². The monoisotopic (exact) mass is 1220 g/mol. The Balaban J connectivity index is 0.891. The van der Waals surface area contributed by atoms with Gasteiger partial charge in [0.2, 0.25) is 0 Å². The molecule has 4 aromatic heterocycles. The molecule has 0 fully saturated rings. The van der Waals surface area contributed by atoms with E-state index < -0.39 is 0 Å². The number of hydrogen-bond donors (Lipinski definition) is 0. The van der Waals surface area contributed by atoms with Crippen LogP contribution < -0.4 is 0 Å². The highest BCUT2D eigenvalue weighted by molar-refractivity contribution is 6.12. The number of rotatable bonds is 12. The van der Waals surface area contributed by atoms with E-state index in [1.54, 1.807) is 0 Å². The molecule has 0 saturated heterocycles. The number of hydrogen-bond acceptors (Lipinski definition) is 8.